The molecule has 0 aliphatic carbocycles. The standard InChI is InChI=1S/C16H13FN4OS/c1-10-6-12(9-23-10)16(22)21-19-8-13-7-18-20-15(13)11-2-4-14(17)5-3-11/h2-9H,1H3,(H,18,20)(H,21,22)/b19-8+. The average Bonchev–Trinajstić information content (AvgIpc) is 3.17. The molecule has 2 aromatic heterocycles. The van der Waals surface area contributed by atoms with E-state index in [1.54, 1.807) is 29.8 Å². The van der Waals surface area contributed by atoms with Gasteiger partial charge in [0, 0.05) is 21.4 Å². The molecule has 7 heteroatoms. The highest BCUT2D eigenvalue weighted by Crippen LogP contribution is 2.20. The monoisotopic (exact) mass is 328 g/mol. The summed E-state index contributed by atoms with van der Waals surface area (Å²) in [7, 11) is 0. The average molecular weight is 328 g/mol. The summed E-state index contributed by atoms with van der Waals surface area (Å²) in [6.45, 7) is 1.94. The van der Waals surface area contributed by atoms with Crippen molar-refractivity contribution in [3.05, 3.63) is 63.7 Å². The molecule has 0 aliphatic rings. The molecule has 0 fully saturated rings. The highest BCUT2D eigenvalue weighted by molar-refractivity contribution is 7.10. The number of benzene rings is 1. The number of carbonyl (C=O) groups is 1. The molecule has 5 nitrogen and oxygen atoms in total. The SMILES string of the molecule is Cc1cc(C(=O)N/N=C/c2cn[nH]c2-c2ccc(F)cc2)cs1. The number of nitrogens with one attached hydrogen (secondary N) is 2. The Bertz CT molecular complexity index is 851. The molecule has 3 rings (SSSR count). The molecule has 0 saturated carbocycles. The number of aromatic nitrogens is 2. The van der Waals surface area contributed by atoms with Crippen molar-refractivity contribution >= 4 is 23.5 Å². The van der Waals surface area contributed by atoms with Crippen LogP contribution in [-0.4, -0.2) is 22.3 Å². The first kappa shape index (κ1) is 15.1. The Hall–Kier alpha value is -2.80. The lowest BCUT2D eigenvalue weighted by atomic mass is 10.1. The largest absolute Gasteiger partial charge is 0.277 e. The maximum absolute atomic E-state index is 13.0. The number of hydrogen-bond donors (Lipinski definition) is 2. The van der Waals surface area contributed by atoms with Crippen molar-refractivity contribution in [2.75, 3.05) is 0 Å². The van der Waals surface area contributed by atoms with Crippen LogP contribution < -0.4 is 5.43 Å². The predicted octanol–water partition coefficient (Wildman–Crippen LogP) is 3.35. The number of aromatic amines is 1. The van der Waals surface area contributed by atoms with E-state index in [-0.39, 0.29) is 11.7 Å². The zero-order valence-electron chi connectivity index (χ0n) is 12.2. The van der Waals surface area contributed by atoms with Gasteiger partial charge in [0.05, 0.1) is 23.7 Å². The van der Waals surface area contributed by atoms with E-state index in [2.05, 4.69) is 20.7 Å². The van der Waals surface area contributed by atoms with Gasteiger partial charge in [0.15, 0.2) is 0 Å². The van der Waals surface area contributed by atoms with Gasteiger partial charge in [-0.2, -0.15) is 10.2 Å². The van der Waals surface area contributed by atoms with Gasteiger partial charge in [-0.25, -0.2) is 9.82 Å². The number of hydrazone groups is 1. The molecule has 2 heterocycles. The van der Waals surface area contributed by atoms with Gasteiger partial charge < -0.3 is 0 Å². The molecule has 0 unspecified atom stereocenters. The number of carbonyl (C=O) groups excluding carboxylic acids is 1. The first-order chi connectivity index (χ1) is 11.1. The highest BCUT2D eigenvalue weighted by Gasteiger charge is 2.08. The summed E-state index contributed by atoms with van der Waals surface area (Å²) in [5.41, 5.74) is 5.23. The molecule has 3 aromatic rings. The Labute approximate surface area is 135 Å². The third-order valence-electron chi connectivity index (χ3n) is 3.16. The second-order valence-electron chi connectivity index (χ2n) is 4.85. The van der Waals surface area contributed by atoms with Crippen molar-refractivity contribution in [1.29, 1.82) is 0 Å². The summed E-state index contributed by atoms with van der Waals surface area (Å²) >= 11 is 1.51. The lowest BCUT2D eigenvalue weighted by Gasteiger charge is -2.00. The number of nitrogens with zero attached hydrogens (tertiary/aromatic N) is 2. The van der Waals surface area contributed by atoms with Crippen molar-refractivity contribution in [2.45, 2.75) is 6.92 Å². The van der Waals surface area contributed by atoms with Gasteiger partial charge in [0.2, 0.25) is 0 Å². The Morgan fingerprint density at radius 2 is 2.17 bits per heavy atom. The summed E-state index contributed by atoms with van der Waals surface area (Å²) in [6.07, 6.45) is 3.09. The molecule has 1 aromatic carbocycles. The molecule has 116 valence electrons. The fourth-order valence-electron chi connectivity index (χ4n) is 2.03. The van der Waals surface area contributed by atoms with Crippen LogP contribution in [0.2, 0.25) is 0 Å². The third kappa shape index (κ3) is 3.51. The quantitative estimate of drug-likeness (QED) is 0.569. The van der Waals surface area contributed by atoms with E-state index < -0.39 is 0 Å². The van der Waals surface area contributed by atoms with Crippen molar-refractivity contribution in [3.8, 4) is 11.3 Å². The number of thiophene rings is 1. The van der Waals surface area contributed by atoms with Gasteiger partial charge in [-0.1, -0.05) is 0 Å². The highest BCUT2D eigenvalue weighted by atomic mass is 32.1. The Morgan fingerprint density at radius 1 is 1.39 bits per heavy atom. The summed E-state index contributed by atoms with van der Waals surface area (Å²) in [5.74, 6) is -0.570. The molecule has 1 amide bonds. The zero-order valence-corrected chi connectivity index (χ0v) is 13.0. The minimum Gasteiger partial charge on any atom is -0.277 e. The maximum atomic E-state index is 13.0. The fourth-order valence-corrected chi connectivity index (χ4v) is 2.71. The molecule has 0 saturated heterocycles. The van der Waals surface area contributed by atoms with E-state index in [0.717, 1.165) is 10.4 Å². The van der Waals surface area contributed by atoms with Crippen LogP contribution in [0.25, 0.3) is 11.3 Å². The summed E-state index contributed by atoms with van der Waals surface area (Å²) in [6, 6.07) is 7.84. The van der Waals surface area contributed by atoms with Crippen molar-refractivity contribution in [3.63, 3.8) is 0 Å². The molecular formula is C16H13FN4OS. The van der Waals surface area contributed by atoms with Gasteiger partial charge in [0.25, 0.3) is 5.91 Å². The number of amides is 1. The second-order valence-corrected chi connectivity index (χ2v) is 5.97. The lowest BCUT2D eigenvalue weighted by molar-refractivity contribution is 0.0955. The number of rotatable bonds is 4. The molecular weight excluding hydrogens is 315 g/mol. The van der Waals surface area contributed by atoms with E-state index >= 15 is 0 Å². The molecule has 0 bridgehead atoms. The Morgan fingerprint density at radius 3 is 2.87 bits per heavy atom. The van der Waals surface area contributed by atoms with E-state index in [9.17, 15) is 9.18 Å². The van der Waals surface area contributed by atoms with Gasteiger partial charge >= 0.3 is 0 Å². The summed E-state index contributed by atoms with van der Waals surface area (Å²) in [5, 5.41) is 12.5. The molecule has 23 heavy (non-hydrogen) atoms. The van der Waals surface area contributed by atoms with Crippen LogP contribution >= 0.6 is 11.3 Å². The summed E-state index contributed by atoms with van der Waals surface area (Å²) < 4.78 is 13.0. The zero-order chi connectivity index (χ0) is 16.2. The molecule has 0 spiro atoms. The molecule has 0 atom stereocenters. The van der Waals surface area contributed by atoms with Gasteiger partial charge in [-0.05, 0) is 37.3 Å². The van der Waals surface area contributed by atoms with E-state index in [1.165, 1.54) is 29.7 Å². The van der Waals surface area contributed by atoms with Gasteiger partial charge in [-0.15, -0.1) is 11.3 Å². The third-order valence-corrected chi connectivity index (χ3v) is 4.03. The van der Waals surface area contributed by atoms with Crippen LogP contribution in [0.15, 0.2) is 47.0 Å². The first-order valence-corrected chi connectivity index (χ1v) is 7.69. The number of H-pyrrole nitrogens is 1. The number of hydrogen-bond acceptors (Lipinski definition) is 4. The molecule has 2 N–H and O–H groups in total. The first-order valence-electron chi connectivity index (χ1n) is 6.81. The van der Waals surface area contributed by atoms with E-state index in [4.69, 9.17) is 0 Å². The van der Waals surface area contributed by atoms with Gasteiger partial charge in [-0.3, -0.25) is 9.89 Å². The normalized spacial score (nSPS) is 11.0. The van der Waals surface area contributed by atoms with Crippen molar-refractivity contribution < 1.29 is 9.18 Å². The topological polar surface area (TPSA) is 70.1 Å². The Balaban J connectivity index is 1.72. The Kier molecular flexibility index (Phi) is 4.29. The molecule has 0 aliphatic heterocycles. The smallest absolute Gasteiger partial charge is 0.272 e. The minimum atomic E-state index is -0.304. The minimum absolute atomic E-state index is 0.266. The van der Waals surface area contributed by atoms with Crippen LogP contribution in [0.5, 0.6) is 0 Å². The van der Waals surface area contributed by atoms with Crippen LogP contribution in [0.3, 0.4) is 0 Å². The fraction of sp³-hybridized carbons (Fsp3) is 0.0625. The number of halogens is 1. The lowest BCUT2D eigenvalue weighted by Crippen LogP contribution is -2.16. The second kappa shape index (κ2) is 6.53. The van der Waals surface area contributed by atoms with Crippen LogP contribution in [-0.2, 0) is 0 Å². The van der Waals surface area contributed by atoms with Crippen LogP contribution in [0.4, 0.5) is 4.39 Å². The molecule has 0 radical (unpaired) electrons. The van der Waals surface area contributed by atoms with Crippen LogP contribution in [0.1, 0.15) is 20.8 Å². The van der Waals surface area contributed by atoms with E-state index in [0.29, 0.717) is 16.8 Å². The van der Waals surface area contributed by atoms with Crippen molar-refractivity contribution in [2.24, 2.45) is 5.10 Å². The summed E-state index contributed by atoms with van der Waals surface area (Å²) in [4.78, 5) is 13.0. The van der Waals surface area contributed by atoms with Crippen molar-refractivity contribution in [1.82, 2.24) is 15.6 Å². The number of aryl methyl sites for hydroxylation is 1. The van der Waals surface area contributed by atoms with E-state index in [1.807, 2.05) is 6.92 Å². The maximum Gasteiger partial charge on any atom is 0.272 e. The van der Waals surface area contributed by atoms with Gasteiger partial charge in [0.1, 0.15) is 5.82 Å². The predicted molar refractivity (Wildman–Crippen MR) is 88.1 cm³/mol. The van der Waals surface area contributed by atoms with Crippen LogP contribution in [0, 0.1) is 12.7 Å².